The first-order valence-corrected chi connectivity index (χ1v) is 21.4. The highest BCUT2D eigenvalue weighted by Crippen LogP contribution is 2.47. The maximum atomic E-state index is 13.1. The average Bonchev–Trinajstić information content (AvgIpc) is 3.76. The molecule has 8 N–H and O–H groups in total. The first-order valence-electron chi connectivity index (χ1n) is 19.3. The molecule has 6 amide bonds. The third-order valence-electron chi connectivity index (χ3n) is 10.2. The zero-order valence-corrected chi connectivity index (χ0v) is 36.9. The van der Waals surface area contributed by atoms with Crippen molar-refractivity contribution in [2.24, 2.45) is 11.5 Å². The molecule has 2 heterocycles. The van der Waals surface area contributed by atoms with Crippen LogP contribution in [0.4, 0.5) is 11.4 Å². The number of hydrogen-bond acceptors (Lipinski definition) is 10. The lowest BCUT2D eigenvalue weighted by molar-refractivity contribution is -0.422. The van der Waals surface area contributed by atoms with E-state index in [2.05, 4.69) is 20.6 Å². The van der Waals surface area contributed by atoms with Crippen LogP contribution in [0.15, 0.2) is 36.4 Å². The highest BCUT2D eigenvalue weighted by molar-refractivity contribution is 8.00. The summed E-state index contributed by atoms with van der Waals surface area (Å²) in [6, 6.07) is 10.8. The molecular formula is C40H52Cl2N8O8S2. The van der Waals surface area contributed by atoms with Gasteiger partial charge in [0.05, 0.1) is 24.6 Å². The highest BCUT2D eigenvalue weighted by atomic mass is 35.5. The van der Waals surface area contributed by atoms with E-state index in [9.17, 15) is 33.6 Å². The van der Waals surface area contributed by atoms with Gasteiger partial charge in [0.15, 0.2) is 0 Å². The van der Waals surface area contributed by atoms with Gasteiger partial charge in [-0.2, -0.15) is 0 Å². The Labute approximate surface area is 370 Å². The molecule has 0 saturated carbocycles. The van der Waals surface area contributed by atoms with Gasteiger partial charge in [-0.15, -0.1) is 23.5 Å². The van der Waals surface area contributed by atoms with Crippen molar-refractivity contribution in [2.75, 3.05) is 55.9 Å². The molecule has 2 aliphatic heterocycles. The molecule has 0 aromatic heterocycles. The molecule has 2 aromatic carbocycles. The maximum absolute atomic E-state index is 13.1. The average molecular weight is 908 g/mol. The zero-order chi connectivity index (χ0) is 41.9. The minimum atomic E-state index is -0.472. The number of nitrogens with two attached hydrogens (primary N) is 2. The van der Waals surface area contributed by atoms with Crippen LogP contribution in [0, 0.1) is 0 Å². The third-order valence-corrected chi connectivity index (χ3v) is 12.7. The predicted molar refractivity (Wildman–Crippen MR) is 223 cm³/mol. The number of esters is 1. The molecule has 2 saturated heterocycles. The Balaban J connectivity index is 0.00000480. The first kappa shape index (κ1) is 49.7. The largest absolute Gasteiger partial charge is 1.00 e. The standard InChI is InChI=1S/C40H50N8O8S2.2ClH/c1-23(49)56-22-30-28-18-24(45-35(50)12-14-47-37(52)20-31(39(47)54)57-16-4-6-33(41)43-2)8-10-26(28)27-11-9-25(19-29(27)30)46-36(51)13-15-48-38(53)21-32(40(48)55)58-17-5-7-34(42)44-3;;/h8-11,18-19,30-32H,4-7,12-17,20-22H2,1-3H3,(H2,41,43)(H2,42,44)(H,45,50)(H,46,51);2*1H. The summed E-state index contributed by atoms with van der Waals surface area (Å²) in [6.45, 7) is 1.28. The summed E-state index contributed by atoms with van der Waals surface area (Å²) < 4.78 is 5.45. The van der Waals surface area contributed by atoms with Gasteiger partial charge in [-0.25, -0.2) is 0 Å². The van der Waals surface area contributed by atoms with Gasteiger partial charge in [-0.05, 0) is 70.9 Å². The highest BCUT2D eigenvalue weighted by Gasteiger charge is 2.40. The SMILES string of the molecule is C[NH+]=C(N)CCCSC1CC(=O)N(CCC(=O)Nc2ccc3c(c2)C(COC(C)=O)c2cc(NC(=O)CCN4C(=O)CC(SCCCC(N)=[NH+]C)C4=O)ccc2-3)C1=O.[Cl-].[Cl-]. The molecule has 3 aliphatic rings. The number of anilines is 2. The number of imide groups is 2. The number of likely N-dealkylation sites (tertiary alicyclic amines) is 2. The summed E-state index contributed by atoms with van der Waals surface area (Å²) in [5, 5.41) is 4.80. The van der Waals surface area contributed by atoms with Gasteiger partial charge in [-0.3, -0.25) is 64.8 Å². The maximum Gasteiger partial charge on any atom is 0.302 e. The van der Waals surface area contributed by atoms with Crippen LogP contribution in [0.2, 0.25) is 0 Å². The molecule has 2 unspecified atom stereocenters. The third kappa shape index (κ3) is 12.9. The zero-order valence-electron chi connectivity index (χ0n) is 33.8. The second kappa shape index (κ2) is 23.4. The summed E-state index contributed by atoms with van der Waals surface area (Å²) in [6.07, 6.45) is 2.93. The number of hydrogen-bond donors (Lipinski definition) is 6. The lowest BCUT2D eigenvalue weighted by atomic mass is 9.97. The van der Waals surface area contributed by atoms with Crippen LogP contribution in [-0.4, -0.2) is 119 Å². The Morgan fingerprint density at radius 1 is 0.717 bits per heavy atom. The van der Waals surface area contributed by atoms with Crippen LogP contribution >= 0.6 is 23.5 Å². The van der Waals surface area contributed by atoms with Crippen molar-refractivity contribution in [3.05, 3.63) is 47.5 Å². The number of amides is 6. The van der Waals surface area contributed by atoms with E-state index in [0.29, 0.717) is 47.4 Å². The Morgan fingerprint density at radius 2 is 1.13 bits per heavy atom. The van der Waals surface area contributed by atoms with Crippen LogP contribution in [0.1, 0.15) is 75.3 Å². The van der Waals surface area contributed by atoms with Gasteiger partial charge in [-0.1, -0.05) is 12.1 Å². The van der Waals surface area contributed by atoms with E-state index < -0.39 is 22.4 Å². The smallest absolute Gasteiger partial charge is 0.302 e. The van der Waals surface area contributed by atoms with Crippen LogP contribution < -0.4 is 56.9 Å². The lowest BCUT2D eigenvalue weighted by Crippen LogP contribution is -3.00. The second-order valence-electron chi connectivity index (χ2n) is 14.2. The normalized spacial score (nSPS) is 18.5. The Hall–Kier alpha value is -4.65. The number of halogens is 2. The molecule has 0 spiro atoms. The van der Waals surface area contributed by atoms with Gasteiger partial charge >= 0.3 is 5.97 Å². The number of thioether (sulfide) groups is 2. The number of carbonyl (C=O) groups excluding carboxylic acids is 7. The number of ether oxygens (including phenoxy) is 1. The van der Waals surface area contributed by atoms with E-state index in [1.54, 1.807) is 26.2 Å². The lowest BCUT2D eigenvalue weighted by Gasteiger charge is -2.17. The fourth-order valence-corrected chi connectivity index (χ4v) is 9.28. The van der Waals surface area contributed by atoms with Gasteiger partial charge in [0, 0.05) is 75.8 Å². The van der Waals surface area contributed by atoms with E-state index in [1.165, 1.54) is 30.4 Å². The minimum absolute atomic E-state index is 0. The Kier molecular flexibility index (Phi) is 19.4. The summed E-state index contributed by atoms with van der Waals surface area (Å²) in [7, 11) is 3.50. The first-order chi connectivity index (χ1) is 27.8. The fraction of sp³-hybridized carbons (Fsp3) is 0.475. The molecule has 0 bridgehead atoms. The van der Waals surface area contributed by atoms with Gasteiger partial charge in [0.1, 0.15) is 6.61 Å². The molecule has 2 atom stereocenters. The fourth-order valence-electron chi connectivity index (χ4n) is 7.03. The predicted octanol–water partition coefficient (Wildman–Crippen LogP) is -6.56. The summed E-state index contributed by atoms with van der Waals surface area (Å²) in [4.78, 5) is 97.2. The van der Waals surface area contributed by atoms with Gasteiger partial charge in [0.2, 0.25) is 47.1 Å². The molecular weight excluding hydrogens is 856 g/mol. The second-order valence-corrected chi connectivity index (χ2v) is 16.8. The number of benzene rings is 2. The van der Waals surface area contributed by atoms with Crippen molar-refractivity contribution in [3.63, 3.8) is 0 Å². The van der Waals surface area contributed by atoms with Crippen LogP contribution in [0.5, 0.6) is 0 Å². The molecule has 60 heavy (non-hydrogen) atoms. The van der Waals surface area contributed by atoms with Crippen LogP contribution in [0.3, 0.4) is 0 Å². The van der Waals surface area contributed by atoms with Gasteiger partial charge < -0.3 is 40.2 Å². The minimum Gasteiger partial charge on any atom is -1.00 e. The Morgan fingerprint density at radius 3 is 1.52 bits per heavy atom. The van der Waals surface area contributed by atoms with Gasteiger partial charge in [0.25, 0.3) is 0 Å². The summed E-state index contributed by atoms with van der Waals surface area (Å²) in [5.74, 6) is -0.104. The molecule has 0 radical (unpaired) electrons. The molecule has 20 heteroatoms. The van der Waals surface area contributed by atoms with Crippen LogP contribution in [0.25, 0.3) is 11.1 Å². The van der Waals surface area contributed by atoms with Crippen molar-refractivity contribution in [3.8, 4) is 11.1 Å². The van der Waals surface area contributed by atoms with E-state index in [-0.39, 0.29) is 106 Å². The summed E-state index contributed by atoms with van der Waals surface area (Å²) in [5.41, 5.74) is 15.9. The van der Waals surface area contributed by atoms with Crippen molar-refractivity contribution in [1.29, 1.82) is 0 Å². The molecule has 326 valence electrons. The number of fused-ring (bicyclic) bond motifs is 3. The van der Waals surface area contributed by atoms with E-state index >= 15 is 0 Å². The monoisotopic (exact) mass is 906 g/mol. The number of rotatable bonds is 20. The quantitative estimate of drug-likeness (QED) is 0.0239. The number of nitrogens with zero attached hydrogens (tertiary/aromatic N) is 2. The summed E-state index contributed by atoms with van der Waals surface area (Å²) >= 11 is 2.85. The van der Waals surface area contributed by atoms with E-state index in [0.717, 1.165) is 44.9 Å². The van der Waals surface area contributed by atoms with E-state index in [1.807, 2.05) is 24.3 Å². The van der Waals surface area contributed by atoms with Crippen molar-refractivity contribution < 1.29 is 73.1 Å². The number of nitrogens with one attached hydrogen (secondary N) is 4. The number of carbonyl (C=O) groups is 7. The van der Waals surface area contributed by atoms with Crippen LogP contribution in [-0.2, 0) is 38.3 Å². The van der Waals surface area contributed by atoms with Crippen molar-refractivity contribution in [2.45, 2.75) is 74.7 Å². The van der Waals surface area contributed by atoms with Crippen molar-refractivity contribution >= 4 is 88.0 Å². The Bertz CT molecular complexity index is 1890. The number of amidine groups is 2. The molecule has 5 rings (SSSR count). The molecule has 1 aliphatic carbocycles. The molecule has 2 fully saturated rings. The molecule has 16 nitrogen and oxygen atoms in total. The van der Waals surface area contributed by atoms with Crippen molar-refractivity contribution in [1.82, 2.24) is 9.80 Å². The molecule has 2 aromatic rings. The van der Waals surface area contributed by atoms with E-state index in [4.69, 9.17) is 16.2 Å². The topological polar surface area (TPSA) is 239 Å².